The van der Waals surface area contributed by atoms with Crippen molar-refractivity contribution in [2.45, 2.75) is 39.9 Å². The van der Waals surface area contributed by atoms with Crippen LogP contribution in [0.4, 0.5) is 17.1 Å². The number of aromatic carboxylic acids is 1. The summed E-state index contributed by atoms with van der Waals surface area (Å²) in [6, 6.07) is 13.6. The molecule has 0 radical (unpaired) electrons. The van der Waals surface area contributed by atoms with E-state index in [9.17, 15) is 19.5 Å². The Morgan fingerprint density at radius 2 is 1.34 bits per heavy atom. The van der Waals surface area contributed by atoms with Gasteiger partial charge in [-0.05, 0) is 82.3 Å². The van der Waals surface area contributed by atoms with E-state index >= 15 is 0 Å². The molecule has 0 aliphatic rings. The number of hydrogen-bond donors (Lipinski definition) is 4. The second kappa shape index (κ2) is 12.0. The number of carbonyl (C=O) groups is 3. The number of carbonyl (C=O) groups excluding carboxylic acids is 2. The highest BCUT2D eigenvalue weighted by atomic mass is 16.5. The average molecular weight is 522 g/mol. The summed E-state index contributed by atoms with van der Waals surface area (Å²) in [4.78, 5) is 37.6. The van der Waals surface area contributed by atoms with Crippen molar-refractivity contribution in [2.75, 3.05) is 23.5 Å². The molecule has 200 valence electrons. The van der Waals surface area contributed by atoms with Crippen LogP contribution < -0.4 is 30.6 Å². The molecule has 3 aromatic rings. The molecule has 0 aromatic heterocycles. The van der Waals surface area contributed by atoms with Crippen LogP contribution in [0.15, 0.2) is 54.6 Å². The largest absolute Gasteiger partial charge is 0.492 e. The number of hydrogen-bond acceptors (Lipinski definition) is 7. The van der Waals surface area contributed by atoms with E-state index in [1.54, 1.807) is 58.0 Å². The molecule has 0 spiro atoms. The number of amides is 2. The zero-order valence-corrected chi connectivity index (χ0v) is 21.8. The van der Waals surface area contributed by atoms with Crippen LogP contribution in [0.3, 0.4) is 0 Å². The average Bonchev–Trinajstić information content (AvgIpc) is 2.85. The Morgan fingerprint density at radius 3 is 1.92 bits per heavy atom. The number of methoxy groups -OCH3 is 1. The molecule has 0 saturated carbocycles. The normalized spacial score (nSPS) is 10.7. The van der Waals surface area contributed by atoms with Crippen molar-refractivity contribution < 1.29 is 33.7 Å². The van der Waals surface area contributed by atoms with Crippen molar-refractivity contribution in [3.63, 3.8) is 0 Å². The standard InChI is InChI=1S/C28H31N3O7/c1-15(2)37-23-14-18(28(34)35)8-12-21(23)30-27(33)20-11-13-22(25(24(20)36-5)38-16(3)4)31-26(32)17-6-9-19(29)10-7-17/h6-16H,29H2,1-5H3,(H,30,33)(H,31,32)(H,34,35). The van der Waals surface area contributed by atoms with Crippen molar-refractivity contribution >= 4 is 34.8 Å². The monoisotopic (exact) mass is 521 g/mol. The molecule has 0 saturated heterocycles. The van der Waals surface area contributed by atoms with Gasteiger partial charge in [0.05, 0.1) is 41.8 Å². The van der Waals surface area contributed by atoms with Crippen LogP contribution in [0.5, 0.6) is 17.2 Å². The number of anilines is 3. The maximum absolute atomic E-state index is 13.4. The zero-order valence-electron chi connectivity index (χ0n) is 21.8. The first-order valence-corrected chi connectivity index (χ1v) is 11.9. The number of nitrogens with one attached hydrogen (secondary N) is 2. The highest BCUT2D eigenvalue weighted by Gasteiger charge is 2.24. The van der Waals surface area contributed by atoms with E-state index in [-0.39, 0.29) is 46.3 Å². The van der Waals surface area contributed by atoms with E-state index in [1.807, 2.05) is 0 Å². The zero-order chi connectivity index (χ0) is 28.0. The van der Waals surface area contributed by atoms with Gasteiger partial charge in [-0.15, -0.1) is 0 Å². The van der Waals surface area contributed by atoms with Crippen molar-refractivity contribution in [1.82, 2.24) is 0 Å². The highest BCUT2D eigenvalue weighted by Crippen LogP contribution is 2.40. The Bertz CT molecular complexity index is 1340. The number of rotatable bonds is 10. The van der Waals surface area contributed by atoms with E-state index in [4.69, 9.17) is 19.9 Å². The molecule has 10 nitrogen and oxygen atoms in total. The second-order valence-corrected chi connectivity index (χ2v) is 8.90. The number of ether oxygens (including phenoxy) is 3. The predicted molar refractivity (Wildman–Crippen MR) is 145 cm³/mol. The lowest BCUT2D eigenvalue weighted by Gasteiger charge is -2.21. The molecule has 10 heteroatoms. The molecule has 2 amide bonds. The Morgan fingerprint density at radius 1 is 0.763 bits per heavy atom. The first-order chi connectivity index (χ1) is 18.0. The van der Waals surface area contributed by atoms with E-state index in [1.165, 1.54) is 31.4 Å². The molecule has 3 rings (SSSR count). The lowest BCUT2D eigenvalue weighted by molar-refractivity contribution is 0.0695. The van der Waals surface area contributed by atoms with Gasteiger partial charge in [-0.2, -0.15) is 0 Å². The summed E-state index contributed by atoms with van der Waals surface area (Å²) in [5, 5.41) is 14.9. The minimum Gasteiger partial charge on any atom is -0.492 e. The fourth-order valence-corrected chi connectivity index (χ4v) is 3.52. The van der Waals surface area contributed by atoms with Crippen molar-refractivity contribution in [3.05, 3.63) is 71.3 Å². The van der Waals surface area contributed by atoms with Gasteiger partial charge in [0.25, 0.3) is 11.8 Å². The van der Waals surface area contributed by atoms with E-state index in [0.29, 0.717) is 16.9 Å². The van der Waals surface area contributed by atoms with Gasteiger partial charge >= 0.3 is 5.97 Å². The van der Waals surface area contributed by atoms with Crippen molar-refractivity contribution in [2.24, 2.45) is 0 Å². The van der Waals surface area contributed by atoms with Crippen LogP contribution in [0.25, 0.3) is 0 Å². The molecular weight excluding hydrogens is 490 g/mol. The number of benzene rings is 3. The van der Waals surface area contributed by atoms with Gasteiger partial charge in [-0.3, -0.25) is 9.59 Å². The number of carboxylic acid groups (broad SMARTS) is 1. The van der Waals surface area contributed by atoms with Crippen molar-refractivity contribution in [3.8, 4) is 17.2 Å². The van der Waals surface area contributed by atoms with Crippen LogP contribution in [-0.4, -0.2) is 42.2 Å². The molecule has 0 aliphatic carbocycles. The third-order valence-corrected chi connectivity index (χ3v) is 5.17. The third kappa shape index (κ3) is 6.73. The van der Waals surface area contributed by atoms with Crippen molar-refractivity contribution in [1.29, 1.82) is 0 Å². The second-order valence-electron chi connectivity index (χ2n) is 8.90. The summed E-state index contributed by atoms with van der Waals surface area (Å²) in [7, 11) is 1.39. The van der Waals surface area contributed by atoms with Crippen LogP contribution >= 0.6 is 0 Å². The molecule has 3 aromatic carbocycles. The fraction of sp³-hybridized carbons (Fsp3) is 0.250. The summed E-state index contributed by atoms with van der Waals surface area (Å²) in [5.41, 5.74) is 7.37. The molecule has 38 heavy (non-hydrogen) atoms. The number of nitrogens with two attached hydrogens (primary N) is 1. The summed E-state index contributed by atoms with van der Waals surface area (Å²) in [6.45, 7) is 7.18. The maximum atomic E-state index is 13.4. The Kier molecular flexibility index (Phi) is 8.80. The molecule has 0 atom stereocenters. The fourth-order valence-electron chi connectivity index (χ4n) is 3.52. The Balaban J connectivity index is 1.98. The van der Waals surface area contributed by atoms with E-state index in [2.05, 4.69) is 10.6 Å². The molecule has 0 aliphatic heterocycles. The van der Waals surface area contributed by atoms with Gasteiger partial charge in [0.1, 0.15) is 5.75 Å². The van der Waals surface area contributed by atoms with Gasteiger partial charge in [0.15, 0.2) is 11.5 Å². The Labute approximate surface area is 220 Å². The van der Waals surface area contributed by atoms with E-state index in [0.717, 1.165) is 0 Å². The third-order valence-electron chi connectivity index (χ3n) is 5.17. The van der Waals surface area contributed by atoms with Gasteiger partial charge in [-0.25, -0.2) is 4.79 Å². The lowest BCUT2D eigenvalue weighted by atomic mass is 10.1. The molecule has 0 fully saturated rings. The van der Waals surface area contributed by atoms with Crippen LogP contribution in [0, 0.1) is 0 Å². The van der Waals surface area contributed by atoms with Gasteiger partial charge in [0, 0.05) is 11.3 Å². The highest BCUT2D eigenvalue weighted by molar-refractivity contribution is 6.10. The minimum atomic E-state index is -1.12. The summed E-state index contributed by atoms with van der Waals surface area (Å²) >= 11 is 0. The smallest absolute Gasteiger partial charge is 0.335 e. The lowest BCUT2D eigenvalue weighted by Crippen LogP contribution is -2.19. The molecule has 0 unspecified atom stereocenters. The topological polar surface area (TPSA) is 149 Å². The summed E-state index contributed by atoms with van der Waals surface area (Å²) in [6.07, 6.45) is -0.566. The number of carboxylic acids is 1. The molecular formula is C28H31N3O7. The Hall–Kier alpha value is -4.73. The first-order valence-electron chi connectivity index (χ1n) is 11.9. The molecule has 5 N–H and O–H groups in total. The summed E-state index contributed by atoms with van der Waals surface area (Å²) < 4.78 is 17.2. The van der Waals surface area contributed by atoms with Gasteiger partial charge in [-0.1, -0.05) is 0 Å². The van der Waals surface area contributed by atoms with Crippen LogP contribution in [0.1, 0.15) is 58.8 Å². The van der Waals surface area contributed by atoms with Crippen LogP contribution in [-0.2, 0) is 0 Å². The SMILES string of the molecule is COc1c(C(=O)Nc2ccc(C(=O)O)cc2OC(C)C)ccc(NC(=O)c2ccc(N)cc2)c1OC(C)C. The van der Waals surface area contributed by atoms with Gasteiger partial charge < -0.3 is 35.7 Å². The van der Waals surface area contributed by atoms with Crippen LogP contribution in [0.2, 0.25) is 0 Å². The number of nitrogen functional groups attached to an aromatic ring is 1. The minimum absolute atomic E-state index is 0.0186. The van der Waals surface area contributed by atoms with Gasteiger partial charge in [0.2, 0.25) is 0 Å². The molecule has 0 heterocycles. The summed E-state index contributed by atoms with van der Waals surface area (Å²) in [5.74, 6) is -1.57. The molecule has 0 bridgehead atoms. The first kappa shape index (κ1) is 27.9. The maximum Gasteiger partial charge on any atom is 0.335 e. The van der Waals surface area contributed by atoms with E-state index < -0.39 is 17.8 Å². The quantitative estimate of drug-likeness (QED) is 0.271. The predicted octanol–water partition coefficient (Wildman–Crippen LogP) is 5.05.